The lowest BCUT2D eigenvalue weighted by Crippen LogP contribution is -2.20. The molecule has 1 aliphatic rings. The van der Waals surface area contributed by atoms with Crippen LogP contribution in [0.15, 0.2) is 0 Å². The van der Waals surface area contributed by atoms with Gasteiger partial charge in [-0.25, -0.2) is 4.79 Å². The fraction of sp³-hybridized carbons (Fsp3) is 0.714. The molecule has 1 N–H and O–H groups in total. The quantitative estimate of drug-likeness (QED) is 0.579. The predicted molar refractivity (Wildman–Crippen MR) is 37.5 cm³/mol. The van der Waals surface area contributed by atoms with Crippen LogP contribution in [0.2, 0.25) is 0 Å². The Balaban J connectivity index is 2.45. The Hall–Kier alpha value is -1.10. The topological polar surface area (TPSA) is 72.8 Å². The Morgan fingerprint density at radius 3 is 2.67 bits per heavy atom. The van der Waals surface area contributed by atoms with Gasteiger partial charge in [0.1, 0.15) is 0 Å². The first-order valence-corrected chi connectivity index (χ1v) is 3.57. The van der Waals surface area contributed by atoms with Crippen molar-refractivity contribution < 1.29 is 24.2 Å². The number of hydrogen-bond donors (Lipinski definition) is 1. The molecule has 0 amide bonds. The van der Waals surface area contributed by atoms with Crippen molar-refractivity contribution in [1.82, 2.24) is 0 Å². The van der Waals surface area contributed by atoms with Gasteiger partial charge in [-0.3, -0.25) is 4.79 Å². The van der Waals surface area contributed by atoms with Crippen molar-refractivity contribution in [1.29, 1.82) is 0 Å². The van der Waals surface area contributed by atoms with Crippen LogP contribution in [-0.2, 0) is 19.1 Å². The number of carboxylic acid groups (broad SMARTS) is 1. The normalized spacial score (nSPS) is 28.4. The van der Waals surface area contributed by atoms with E-state index in [2.05, 4.69) is 4.74 Å². The molecule has 2 unspecified atom stereocenters. The van der Waals surface area contributed by atoms with Gasteiger partial charge in [0.2, 0.25) is 0 Å². The Morgan fingerprint density at radius 2 is 2.25 bits per heavy atom. The molecule has 0 aromatic carbocycles. The van der Waals surface area contributed by atoms with Gasteiger partial charge < -0.3 is 14.6 Å². The van der Waals surface area contributed by atoms with Gasteiger partial charge in [-0.05, 0) is 6.42 Å². The van der Waals surface area contributed by atoms with E-state index in [1.165, 1.54) is 7.11 Å². The molecule has 2 atom stereocenters. The Kier molecular flexibility index (Phi) is 2.65. The lowest BCUT2D eigenvalue weighted by molar-refractivity contribution is -0.147. The first kappa shape index (κ1) is 8.99. The number of aliphatic carboxylic acids is 1. The summed E-state index contributed by atoms with van der Waals surface area (Å²) in [5.41, 5.74) is 0. The Morgan fingerprint density at radius 1 is 1.58 bits per heavy atom. The lowest BCUT2D eigenvalue weighted by Gasteiger charge is -2.02. The van der Waals surface area contributed by atoms with Crippen molar-refractivity contribution in [2.75, 3.05) is 13.7 Å². The molecule has 1 heterocycles. The van der Waals surface area contributed by atoms with Crippen molar-refractivity contribution >= 4 is 11.9 Å². The summed E-state index contributed by atoms with van der Waals surface area (Å²) in [6.07, 6.45) is -0.642. The second-order valence-corrected chi connectivity index (χ2v) is 2.62. The molecule has 1 saturated heterocycles. The summed E-state index contributed by atoms with van der Waals surface area (Å²) in [4.78, 5) is 21.3. The minimum Gasteiger partial charge on any atom is -0.479 e. The maximum Gasteiger partial charge on any atom is 0.332 e. The highest BCUT2D eigenvalue weighted by Crippen LogP contribution is 2.20. The number of ether oxygens (including phenoxy) is 2. The molecular weight excluding hydrogens is 164 g/mol. The van der Waals surface area contributed by atoms with E-state index < -0.39 is 24.0 Å². The highest BCUT2D eigenvalue weighted by molar-refractivity contribution is 5.77. The van der Waals surface area contributed by atoms with Crippen molar-refractivity contribution in [3.8, 4) is 0 Å². The van der Waals surface area contributed by atoms with Gasteiger partial charge in [-0.1, -0.05) is 0 Å². The molecule has 1 rings (SSSR count). The minimum absolute atomic E-state index is 0.143. The van der Waals surface area contributed by atoms with Crippen LogP contribution in [0.3, 0.4) is 0 Å². The van der Waals surface area contributed by atoms with E-state index in [0.29, 0.717) is 0 Å². The van der Waals surface area contributed by atoms with E-state index in [1.807, 2.05) is 0 Å². The summed E-state index contributed by atoms with van der Waals surface area (Å²) >= 11 is 0. The number of methoxy groups -OCH3 is 1. The summed E-state index contributed by atoms with van der Waals surface area (Å²) in [7, 11) is 1.27. The van der Waals surface area contributed by atoms with Gasteiger partial charge in [0, 0.05) is 0 Å². The van der Waals surface area contributed by atoms with Crippen LogP contribution in [0.4, 0.5) is 0 Å². The second kappa shape index (κ2) is 3.53. The van der Waals surface area contributed by atoms with Gasteiger partial charge in [-0.2, -0.15) is 0 Å². The van der Waals surface area contributed by atoms with Crippen molar-refractivity contribution in [2.45, 2.75) is 12.5 Å². The maximum absolute atomic E-state index is 10.9. The molecule has 12 heavy (non-hydrogen) atoms. The number of carbonyl (C=O) groups is 2. The van der Waals surface area contributed by atoms with E-state index >= 15 is 0 Å². The SMILES string of the molecule is COC(=O)C1COC(C(=O)O)C1. The zero-order valence-corrected chi connectivity index (χ0v) is 6.65. The van der Waals surface area contributed by atoms with Crippen LogP contribution < -0.4 is 0 Å². The number of carbonyl (C=O) groups excluding carboxylic acids is 1. The largest absolute Gasteiger partial charge is 0.479 e. The average molecular weight is 174 g/mol. The summed E-state index contributed by atoms with van der Waals surface area (Å²) in [6.45, 7) is 0.143. The third-order valence-electron chi connectivity index (χ3n) is 1.81. The molecule has 0 spiro atoms. The molecular formula is C7H10O5. The molecule has 0 radical (unpaired) electrons. The van der Waals surface area contributed by atoms with Crippen LogP contribution >= 0.6 is 0 Å². The molecule has 1 fully saturated rings. The second-order valence-electron chi connectivity index (χ2n) is 2.62. The number of esters is 1. The van der Waals surface area contributed by atoms with Crippen LogP contribution in [0.25, 0.3) is 0 Å². The van der Waals surface area contributed by atoms with Crippen LogP contribution in [0, 0.1) is 5.92 Å². The van der Waals surface area contributed by atoms with Gasteiger partial charge in [0.15, 0.2) is 6.10 Å². The van der Waals surface area contributed by atoms with E-state index in [9.17, 15) is 9.59 Å². The van der Waals surface area contributed by atoms with Gasteiger partial charge in [0.05, 0.1) is 19.6 Å². The van der Waals surface area contributed by atoms with Crippen molar-refractivity contribution in [3.63, 3.8) is 0 Å². The molecule has 0 aromatic heterocycles. The maximum atomic E-state index is 10.9. The monoisotopic (exact) mass is 174 g/mol. The van der Waals surface area contributed by atoms with E-state index in [4.69, 9.17) is 9.84 Å². The zero-order chi connectivity index (χ0) is 9.14. The molecule has 0 bridgehead atoms. The zero-order valence-electron chi connectivity index (χ0n) is 6.65. The van der Waals surface area contributed by atoms with E-state index in [0.717, 1.165) is 0 Å². The van der Waals surface area contributed by atoms with Crippen molar-refractivity contribution in [2.24, 2.45) is 5.92 Å². The fourth-order valence-corrected chi connectivity index (χ4v) is 1.13. The number of carboxylic acids is 1. The first-order valence-electron chi connectivity index (χ1n) is 3.57. The number of hydrogen-bond acceptors (Lipinski definition) is 4. The Labute approximate surface area is 69.3 Å². The number of rotatable bonds is 2. The molecule has 68 valence electrons. The highest BCUT2D eigenvalue weighted by atomic mass is 16.5. The Bertz CT molecular complexity index is 200. The molecule has 0 aromatic rings. The predicted octanol–water partition coefficient (Wildman–Crippen LogP) is -0.351. The standard InChI is InChI=1S/C7H10O5/c1-11-7(10)4-2-5(6(8)9)12-3-4/h4-5H,2-3H2,1H3,(H,8,9). The van der Waals surface area contributed by atoms with Crippen LogP contribution in [0.5, 0.6) is 0 Å². The molecule has 0 saturated carbocycles. The summed E-state index contributed by atoms with van der Waals surface area (Å²) < 4.78 is 9.30. The third kappa shape index (κ3) is 1.73. The smallest absolute Gasteiger partial charge is 0.332 e. The molecule has 0 aliphatic carbocycles. The third-order valence-corrected chi connectivity index (χ3v) is 1.81. The van der Waals surface area contributed by atoms with E-state index in [-0.39, 0.29) is 13.0 Å². The van der Waals surface area contributed by atoms with Gasteiger partial charge >= 0.3 is 11.9 Å². The summed E-state index contributed by atoms with van der Waals surface area (Å²) in [5, 5.41) is 8.51. The minimum atomic E-state index is -1.03. The van der Waals surface area contributed by atoms with Crippen molar-refractivity contribution in [3.05, 3.63) is 0 Å². The van der Waals surface area contributed by atoms with Crippen LogP contribution in [-0.4, -0.2) is 36.9 Å². The average Bonchev–Trinajstić information content (AvgIpc) is 2.51. The van der Waals surface area contributed by atoms with E-state index in [1.54, 1.807) is 0 Å². The summed E-state index contributed by atoms with van der Waals surface area (Å²) in [5.74, 6) is -1.85. The van der Waals surface area contributed by atoms with Gasteiger partial charge in [0.25, 0.3) is 0 Å². The first-order chi connectivity index (χ1) is 5.65. The highest BCUT2D eigenvalue weighted by Gasteiger charge is 2.35. The molecule has 1 aliphatic heterocycles. The summed E-state index contributed by atoms with van der Waals surface area (Å²) in [6, 6.07) is 0. The molecule has 5 heteroatoms. The van der Waals surface area contributed by atoms with Crippen LogP contribution in [0.1, 0.15) is 6.42 Å². The molecule has 5 nitrogen and oxygen atoms in total. The lowest BCUT2D eigenvalue weighted by atomic mass is 10.1. The fourth-order valence-electron chi connectivity index (χ4n) is 1.13. The van der Waals surface area contributed by atoms with Gasteiger partial charge in [-0.15, -0.1) is 0 Å².